The van der Waals surface area contributed by atoms with Crippen LogP contribution in [0.25, 0.3) is 44.5 Å². The Bertz CT molecular complexity index is 1760. The molecule has 0 spiro atoms. The van der Waals surface area contributed by atoms with Crippen molar-refractivity contribution in [2.24, 2.45) is 0 Å². The Morgan fingerprint density at radius 3 is 0.978 bits per heavy atom. The van der Waals surface area contributed by atoms with Crippen LogP contribution in [0, 0.1) is 0 Å². The second kappa shape index (κ2) is 13.5. The SMILES string of the molecule is CC1(C)OB(c2cc(-c3ccccc3)cc(-c3ccccc3)c2)OC1(C)C.Clc1cc(-c2ccccc2)cc(-c2ccccc2)c1. The van der Waals surface area contributed by atoms with E-state index >= 15 is 0 Å². The molecule has 0 aliphatic carbocycles. The third-order valence-corrected chi connectivity index (χ3v) is 9.03. The van der Waals surface area contributed by atoms with Gasteiger partial charge in [-0.1, -0.05) is 145 Å². The van der Waals surface area contributed by atoms with Gasteiger partial charge >= 0.3 is 7.12 Å². The molecular formula is C42H38BClO2. The summed E-state index contributed by atoms with van der Waals surface area (Å²) < 4.78 is 12.6. The molecular weight excluding hydrogens is 583 g/mol. The molecule has 0 unspecified atom stereocenters. The van der Waals surface area contributed by atoms with Gasteiger partial charge < -0.3 is 9.31 Å². The second-order valence-electron chi connectivity index (χ2n) is 12.6. The van der Waals surface area contributed by atoms with Crippen molar-refractivity contribution in [3.8, 4) is 44.5 Å². The Balaban J connectivity index is 0.000000172. The monoisotopic (exact) mass is 620 g/mol. The first-order valence-electron chi connectivity index (χ1n) is 15.7. The maximum Gasteiger partial charge on any atom is 0.494 e. The van der Waals surface area contributed by atoms with Gasteiger partial charge in [0.15, 0.2) is 0 Å². The first kappa shape index (κ1) is 31.6. The highest BCUT2D eigenvalue weighted by Gasteiger charge is 2.51. The minimum atomic E-state index is -0.374. The van der Waals surface area contributed by atoms with Crippen molar-refractivity contribution < 1.29 is 9.31 Å². The Hall–Kier alpha value is -4.41. The lowest BCUT2D eigenvalue weighted by Gasteiger charge is -2.32. The molecule has 0 aromatic heterocycles. The molecule has 0 amide bonds. The molecule has 0 atom stereocenters. The molecule has 6 aromatic carbocycles. The number of hydrogen-bond acceptors (Lipinski definition) is 2. The van der Waals surface area contributed by atoms with Crippen LogP contribution in [0.5, 0.6) is 0 Å². The highest BCUT2D eigenvalue weighted by atomic mass is 35.5. The third kappa shape index (κ3) is 7.19. The van der Waals surface area contributed by atoms with Gasteiger partial charge in [-0.3, -0.25) is 0 Å². The van der Waals surface area contributed by atoms with E-state index in [4.69, 9.17) is 20.9 Å². The van der Waals surface area contributed by atoms with Gasteiger partial charge in [0.05, 0.1) is 11.2 Å². The Morgan fingerprint density at radius 2 is 0.674 bits per heavy atom. The van der Waals surface area contributed by atoms with Gasteiger partial charge in [-0.15, -0.1) is 0 Å². The number of rotatable bonds is 5. The van der Waals surface area contributed by atoms with E-state index in [-0.39, 0.29) is 18.3 Å². The fourth-order valence-corrected chi connectivity index (χ4v) is 5.78. The Morgan fingerprint density at radius 1 is 0.391 bits per heavy atom. The van der Waals surface area contributed by atoms with Crippen LogP contribution in [0.1, 0.15) is 27.7 Å². The molecule has 4 heteroatoms. The van der Waals surface area contributed by atoms with Crippen molar-refractivity contribution >= 4 is 24.2 Å². The number of benzene rings is 6. The van der Waals surface area contributed by atoms with Gasteiger partial charge in [0, 0.05) is 5.02 Å². The van der Waals surface area contributed by atoms with E-state index in [1.807, 2.05) is 60.7 Å². The molecule has 1 aliphatic rings. The largest absolute Gasteiger partial charge is 0.494 e. The van der Waals surface area contributed by atoms with E-state index in [9.17, 15) is 0 Å². The maximum absolute atomic E-state index is 6.31. The summed E-state index contributed by atoms with van der Waals surface area (Å²) in [5.41, 5.74) is 9.71. The summed E-state index contributed by atoms with van der Waals surface area (Å²) in [6, 6.07) is 54.3. The molecule has 7 rings (SSSR count). The van der Waals surface area contributed by atoms with E-state index in [1.165, 1.54) is 33.4 Å². The van der Waals surface area contributed by atoms with Crippen molar-refractivity contribution in [3.63, 3.8) is 0 Å². The molecule has 0 radical (unpaired) electrons. The van der Waals surface area contributed by atoms with Crippen molar-refractivity contribution in [1.82, 2.24) is 0 Å². The normalized spacial score (nSPS) is 14.8. The summed E-state index contributed by atoms with van der Waals surface area (Å²) in [6.45, 7) is 8.36. The lowest BCUT2D eigenvalue weighted by molar-refractivity contribution is 0.00578. The molecule has 1 aliphatic heterocycles. The van der Waals surface area contributed by atoms with E-state index in [0.717, 1.165) is 21.6 Å². The average Bonchev–Trinajstić information content (AvgIpc) is 3.32. The molecule has 0 N–H and O–H groups in total. The standard InChI is InChI=1S/C24H25BO2.C18H13Cl/c1-23(2)24(3,4)27-25(26-23)22-16-20(18-11-7-5-8-12-18)15-21(17-22)19-13-9-6-10-14-19;19-18-12-16(14-7-3-1-4-8-14)11-17(13-18)15-9-5-2-6-10-15/h5-17H,1-4H3;1-13H. The van der Waals surface area contributed by atoms with E-state index in [0.29, 0.717) is 0 Å². The first-order valence-corrected chi connectivity index (χ1v) is 16.1. The lowest BCUT2D eigenvalue weighted by Crippen LogP contribution is -2.41. The average molecular weight is 621 g/mol. The second-order valence-corrected chi connectivity index (χ2v) is 13.1. The van der Waals surface area contributed by atoms with Gasteiger partial charge in [-0.25, -0.2) is 0 Å². The lowest BCUT2D eigenvalue weighted by atomic mass is 9.76. The smallest absolute Gasteiger partial charge is 0.399 e. The van der Waals surface area contributed by atoms with Crippen LogP contribution in [0.3, 0.4) is 0 Å². The molecule has 46 heavy (non-hydrogen) atoms. The van der Waals surface area contributed by atoms with Crippen LogP contribution in [-0.2, 0) is 9.31 Å². The topological polar surface area (TPSA) is 18.5 Å². The van der Waals surface area contributed by atoms with Crippen molar-refractivity contribution in [3.05, 3.63) is 163 Å². The molecule has 1 fully saturated rings. The predicted octanol–water partition coefficient (Wildman–Crippen LogP) is 11.0. The Labute approximate surface area is 278 Å². The van der Waals surface area contributed by atoms with Crippen LogP contribution in [0.15, 0.2) is 158 Å². The molecule has 0 saturated carbocycles. The van der Waals surface area contributed by atoms with Gasteiger partial charge in [0.2, 0.25) is 0 Å². The van der Waals surface area contributed by atoms with Gasteiger partial charge in [0.25, 0.3) is 0 Å². The molecule has 0 bridgehead atoms. The fraction of sp³-hybridized carbons (Fsp3) is 0.143. The predicted molar refractivity (Wildman–Crippen MR) is 195 cm³/mol. The van der Waals surface area contributed by atoms with Gasteiger partial charge in [-0.05, 0) is 102 Å². The summed E-state index contributed by atoms with van der Waals surface area (Å²) >= 11 is 6.25. The fourth-order valence-electron chi connectivity index (χ4n) is 5.55. The van der Waals surface area contributed by atoms with E-state index in [1.54, 1.807) is 0 Å². The van der Waals surface area contributed by atoms with Gasteiger partial charge in [0.1, 0.15) is 0 Å². The molecule has 1 saturated heterocycles. The maximum atomic E-state index is 6.31. The van der Waals surface area contributed by atoms with Crippen molar-refractivity contribution in [2.75, 3.05) is 0 Å². The summed E-state index contributed by atoms with van der Waals surface area (Å²) in [6.07, 6.45) is 0. The minimum absolute atomic E-state index is 0.354. The highest BCUT2D eigenvalue weighted by molar-refractivity contribution is 6.62. The molecule has 228 valence electrons. The number of halogens is 1. The molecule has 1 heterocycles. The summed E-state index contributed by atoms with van der Waals surface area (Å²) in [5, 5.41) is 0.764. The summed E-state index contributed by atoms with van der Waals surface area (Å²) in [5.74, 6) is 0. The zero-order valence-electron chi connectivity index (χ0n) is 26.8. The van der Waals surface area contributed by atoms with E-state index in [2.05, 4.69) is 125 Å². The molecule has 2 nitrogen and oxygen atoms in total. The zero-order valence-corrected chi connectivity index (χ0v) is 27.5. The first-order chi connectivity index (χ1) is 22.2. The van der Waals surface area contributed by atoms with Crippen LogP contribution in [-0.4, -0.2) is 18.3 Å². The van der Waals surface area contributed by atoms with Crippen molar-refractivity contribution in [1.29, 1.82) is 0 Å². The van der Waals surface area contributed by atoms with Crippen LogP contribution in [0.2, 0.25) is 5.02 Å². The number of hydrogen-bond donors (Lipinski definition) is 0. The Kier molecular flexibility index (Phi) is 9.28. The van der Waals surface area contributed by atoms with Crippen LogP contribution >= 0.6 is 11.6 Å². The van der Waals surface area contributed by atoms with E-state index < -0.39 is 0 Å². The molecule has 6 aromatic rings. The summed E-state index contributed by atoms with van der Waals surface area (Å²) in [4.78, 5) is 0. The minimum Gasteiger partial charge on any atom is -0.399 e. The summed E-state index contributed by atoms with van der Waals surface area (Å²) in [7, 11) is -0.374. The zero-order chi connectivity index (χ0) is 32.1. The van der Waals surface area contributed by atoms with Crippen LogP contribution < -0.4 is 5.46 Å². The highest BCUT2D eigenvalue weighted by Crippen LogP contribution is 2.37. The van der Waals surface area contributed by atoms with Crippen molar-refractivity contribution in [2.45, 2.75) is 38.9 Å². The van der Waals surface area contributed by atoms with Crippen LogP contribution in [0.4, 0.5) is 0 Å². The van der Waals surface area contributed by atoms with Gasteiger partial charge in [-0.2, -0.15) is 0 Å². The quantitative estimate of drug-likeness (QED) is 0.179. The third-order valence-electron chi connectivity index (χ3n) is 8.81.